The van der Waals surface area contributed by atoms with Crippen LogP contribution in [0.4, 0.5) is 0 Å². The molecule has 0 aliphatic carbocycles. The van der Waals surface area contributed by atoms with Crippen molar-refractivity contribution in [2.75, 3.05) is 26.4 Å². The highest BCUT2D eigenvalue weighted by Gasteiger charge is 2.00. The molecule has 0 aromatic heterocycles. The summed E-state index contributed by atoms with van der Waals surface area (Å²) in [5.74, 6) is -0.293. The Morgan fingerprint density at radius 2 is 1.70 bits per heavy atom. The molecule has 0 heterocycles. The van der Waals surface area contributed by atoms with E-state index in [9.17, 15) is 4.79 Å². The van der Waals surface area contributed by atoms with Crippen molar-refractivity contribution < 1.29 is 19.0 Å². The quantitative estimate of drug-likeness (QED) is 0.462. The molecule has 4 heteroatoms. The zero-order chi connectivity index (χ0) is 14.5. The molecule has 0 atom stereocenters. The van der Waals surface area contributed by atoms with Gasteiger partial charge in [-0.15, -0.1) is 0 Å². The third-order valence-electron chi connectivity index (χ3n) is 2.71. The third-order valence-corrected chi connectivity index (χ3v) is 2.71. The van der Waals surface area contributed by atoms with Crippen molar-refractivity contribution in [2.45, 2.75) is 32.8 Å². The van der Waals surface area contributed by atoms with Gasteiger partial charge in [-0.05, 0) is 31.7 Å². The van der Waals surface area contributed by atoms with Crippen LogP contribution in [0.15, 0.2) is 30.3 Å². The summed E-state index contributed by atoms with van der Waals surface area (Å²) in [4.78, 5) is 11.0. The molecule has 112 valence electrons. The summed E-state index contributed by atoms with van der Waals surface area (Å²) in [5, 5.41) is 0. The molecule has 4 nitrogen and oxygen atoms in total. The largest absolute Gasteiger partial charge is 0.464 e. The van der Waals surface area contributed by atoms with Gasteiger partial charge in [-0.2, -0.15) is 0 Å². The van der Waals surface area contributed by atoms with Crippen molar-refractivity contribution in [3.63, 3.8) is 0 Å². The molecule has 0 aliphatic heterocycles. The predicted molar refractivity (Wildman–Crippen MR) is 77.4 cm³/mol. The first-order chi connectivity index (χ1) is 9.83. The molecule has 0 saturated heterocycles. The molecule has 0 N–H and O–H groups in total. The number of carbonyl (C=O) groups is 1. The molecule has 0 radical (unpaired) electrons. The minimum absolute atomic E-state index is 0.0539. The molecular weight excluding hydrogens is 256 g/mol. The molecule has 0 saturated carbocycles. The number of benzene rings is 1. The number of rotatable bonds is 11. The van der Waals surface area contributed by atoms with Crippen LogP contribution in [0, 0.1) is 0 Å². The van der Waals surface area contributed by atoms with Gasteiger partial charge in [0, 0.05) is 13.2 Å². The molecule has 0 bridgehead atoms. The van der Waals surface area contributed by atoms with Crippen LogP contribution in [0.3, 0.4) is 0 Å². The Bertz CT molecular complexity index is 351. The molecular formula is C16H24O4. The van der Waals surface area contributed by atoms with E-state index in [-0.39, 0.29) is 12.6 Å². The fraction of sp³-hybridized carbons (Fsp3) is 0.562. The average Bonchev–Trinajstić information content (AvgIpc) is 2.47. The van der Waals surface area contributed by atoms with E-state index in [0.717, 1.165) is 25.9 Å². The van der Waals surface area contributed by atoms with E-state index in [1.807, 2.05) is 18.2 Å². The van der Waals surface area contributed by atoms with E-state index in [4.69, 9.17) is 14.2 Å². The van der Waals surface area contributed by atoms with Crippen molar-refractivity contribution in [1.29, 1.82) is 0 Å². The average molecular weight is 280 g/mol. The summed E-state index contributed by atoms with van der Waals surface area (Å²) in [7, 11) is 0. The van der Waals surface area contributed by atoms with Gasteiger partial charge in [-0.3, -0.25) is 0 Å². The highest BCUT2D eigenvalue weighted by molar-refractivity contribution is 5.70. The summed E-state index contributed by atoms with van der Waals surface area (Å²) in [6, 6.07) is 10.1. The number of hydrogen-bond donors (Lipinski definition) is 0. The summed E-state index contributed by atoms with van der Waals surface area (Å²) in [6.07, 6.45) is 2.99. The van der Waals surface area contributed by atoms with E-state index < -0.39 is 0 Å². The normalized spacial score (nSPS) is 10.4. The van der Waals surface area contributed by atoms with Crippen LogP contribution in [0.25, 0.3) is 0 Å². The highest BCUT2D eigenvalue weighted by atomic mass is 16.6. The molecule has 0 spiro atoms. The Kier molecular flexibility index (Phi) is 9.53. The van der Waals surface area contributed by atoms with Gasteiger partial charge in [0.15, 0.2) is 0 Å². The lowest BCUT2D eigenvalue weighted by Gasteiger charge is -2.05. The van der Waals surface area contributed by atoms with Crippen LogP contribution in [-0.4, -0.2) is 32.4 Å². The lowest BCUT2D eigenvalue weighted by atomic mass is 10.2. The zero-order valence-corrected chi connectivity index (χ0v) is 12.2. The molecule has 1 rings (SSSR count). The Morgan fingerprint density at radius 3 is 2.40 bits per heavy atom. The van der Waals surface area contributed by atoms with Crippen LogP contribution in [0.1, 0.15) is 31.7 Å². The van der Waals surface area contributed by atoms with Gasteiger partial charge in [0.25, 0.3) is 0 Å². The van der Waals surface area contributed by atoms with Crippen molar-refractivity contribution in [3.05, 3.63) is 35.9 Å². The maximum Gasteiger partial charge on any atom is 0.332 e. The van der Waals surface area contributed by atoms with E-state index in [1.165, 1.54) is 5.56 Å². The van der Waals surface area contributed by atoms with E-state index in [2.05, 4.69) is 12.1 Å². The lowest BCUT2D eigenvalue weighted by molar-refractivity contribution is -0.148. The Hall–Kier alpha value is -1.39. The molecule has 1 aromatic carbocycles. The predicted octanol–water partition coefficient (Wildman–Crippen LogP) is 2.95. The first kappa shape index (κ1) is 16.7. The summed E-state index contributed by atoms with van der Waals surface area (Å²) < 4.78 is 15.5. The van der Waals surface area contributed by atoms with Gasteiger partial charge in [-0.25, -0.2) is 4.79 Å². The fourth-order valence-electron chi connectivity index (χ4n) is 1.71. The van der Waals surface area contributed by atoms with Gasteiger partial charge in [0.05, 0.1) is 13.2 Å². The van der Waals surface area contributed by atoms with Crippen molar-refractivity contribution in [2.24, 2.45) is 0 Å². The van der Waals surface area contributed by atoms with Gasteiger partial charge in [0.1, 0.15) is 6.61 Å². The van der Waals surface area contributed by atoms with Crippen LogP contribution >= 0.6 is 0 Å². The fourth-order valence-corrected chi connectivity index (χ4v) is 1.71. The molecule has 0 unspecified atom stereocenters. The zero-order valence-electron chi connectivity index (χ0n) is 12.2. The number of carbonyl (C=O) groups excluding carboxylic acids is 1. The summed E-state index contributed by atoms with van der Waals surface area (Å²) in [6.45, 7) is 4.26. The van der Waals surface area contributed by atoms with Crippen LogP contribution in [-0.2, 0) is 25.6 Å². The van der Waals surface area contributed by atoms with Crippen molar-refractivity contribution in [3.8, 4) is 0 Å². The van der Waals surface area contributed by atoms with Crippen molar-refractivity contribution in [1.82, 2.24) is 0 Å². The van der Waals surface area contributed by atoms with E-state index in [1.54, 1.807) is 6.92 Å². The van der Waals surface area contributed by atoms with Gasteiger partial charge >= 0.3 is 5.97 Å². The Morgan fingerprint density at radius 1 is 1.00 bits per heavy atom. The van der Waals surface area contributed by atoms with Crippen molar-refractivity contribution >= 4 is 5.97 Å². The summed E-state index contributed by atoms with van der Waals surface area (Å²) >= 11 is 0. The first-order valence-electron chi connectivity index (χ1n) is 7.18. The topological polar surface area (TPSA) is 44.8 Å². The van der Waals surface area contributed by atoms with Crippen LogP contribution in [0.5, 0.6) is 0 Å². The SMILES string of the molecule is CCOC(=O)COCCCCCOCc1ccccc1. The summed E-state index contributed by atoms with van der Waals surface area (Å²) in [5.41, 5.74) is 1.20. The van der Waals surface area contributed by atoms with E-state index >= 15 is 0 Å². The molecule has 1 aromatic rings. The van der Waals surface area contributed by atoms with E-state index in [0.29, 0.717) is 19.8 Å². The molecule has 0 fully saturated rings. The molecule has 20 heavy (non-hydrogen) atoms. The molecule has 0 aliphatic rings. The minimum atomic E-state index is -0.293. The number of unbranched alkanes of at least 4 members (excludes halogenated alkanes) is 2. The van der Waals surface area contributed by atoms with Gasteiger partial charge in [-0.1, -0.05) is 30.3 Å². The van der Waals surface area contributed by atoms with Gasteiger partial charge in [0.2, 0.25) is 0 Å². The highest BCUT2D eigenvalue weighted by Crippen LogP contribution is 2.02. The minimum Gasteiger partial charge on any atom is -0.464 e. The maximum atomic E-state index is 11.0. The first-order valence-corrected chi connectivity index (χ1v) is 7.18. The number of hydrogen-bond acceptors (Lipinski definition) is 4. The second-order valence-corrected chi connectivity index (χ2v) is 4.46. The Balaban J connectivity index is 1.84. The number of esters is 1. The second kappa shape index (κ2) is 11.4. The van der Waals surface area contributed by atoms with Crippen LogP contribution < -0.4 is 0 Å². The Labute approximate surface area is 121 Å². The third kappa shape index (κ3) is 8.67. The maximum absolute atomic E-state index is 11.0. The lowest BCUT2D eigenvalue weighted by Crippen LogP contribution is -2.12. The second-order valence-electron chi connectivity index (χ2n) is 4.46. The monoisotopic (exact) mass is 280 g/mol. The number of ether oxygens (including phenoxy) is 3. The van der Waals surface area contributed by atoms with Gasteiger partial charge < -0.3 is 14.2 Å². The standard InChI is InChI=1S/C16H24O4/c1-2-20-16(17)14-19-12-8-4-7-11-18-13-15-9-5-3-6-10-15/h3,5-6,9-10H,2,4,7-8,11-14H2,1H3. The molecule has 0 amide bonds. The van der Waals surface area contributed by atoms with Crippen LogP contribution in [0.2, 0.25) is 0 Å². The smallest absolute Gasteiger partial charge is 0.332 e.